The third-order valence-corrected chi connectivity index (χ3v) is 4.77. The molecule has 2 aromatic carbocycles. The maximum atomic E-state index is 12.6. The Kier molecular flexibility index (Phi) is 5.40. The number of piperazine rings is 1. The second-order valence-corrected chi connectivity index (χ2v) is 6.33. The van der Waals surface area contributed by atoms with Crippen LogP contribution in [0.5, 0.6) is 5.75 Å². The fraction of sp³-hybridized carbons (Fsp3) is 0.300. The maximum absolute atomic E-state index is 12.6. The van der Waals surface area contributed by atoms with E-state index < -0.39 is 0 Å². The Labute approximate surface area is 153 Å². The summed E-state index contributed by atoms with van der Waals surface area (Å²) in [6.07, 6.45) is 0. The molecule has 0 unspecified atom stereocenters. The SMILES string of the molecule is C[C@@H](C(=O)Nc1ccccc1C#N)N1CCN(c2ccccc2O)CC1. The minimum absolute atomic E-state index is 0.122. The Morgan fingerprint density at radius 1 is 1.12 bits per heavy atom. The van der Waals surface area contributed by atoms with Gasteiger partial charge in [0.15, 0.2) is 0 Å². The summed E-state index contributed by atoms with van der Waals surface area (Å²) in [5.74, 6) is 0.156. The van der Waals surface area contributed by atoms with Gasteiger partial charge in [-0.1, -0.05) is 24.3 Å². The molecule has 1 fully saturated rings. The zero-order chi connectivity index (χ0) is 18.5. The van der Waals surface area contributed by atoms with Crippen molar-refractivity contribution in [1.29, 1.82) is 5.26 Å². The fourth-order valence-electron chi connectivity index (χ4n) is 3.17. The van der Waals surface area contributed by atoms with Crippen LogP contribution in [0.15, 0.2) is 48.5 Å². The number of nitrogens with zero attached hydrogens (tertiary/aromatic N) is 3. The van der Waals surface area contributed by atoms with E-state index in [-0.39, 0.29) is 17.7 Å². The Bertz CT molecular complexity index is 823. The van der Waals surface area contributed by atoms with Gasteiger partial charge in [0.1, 0.15) is 11.8 Å². The van der Waals surface area contributed by atoms with Crippen LogP contribution in [0.3, 0.4) is 0 Å². The topological polar surface area (TPSA) is 79.6 Å². The minimum Gasteiger partial charge on any atom is -0.506 e. The molecule has 26 heavy (non-hydrogen) atoms. The van der Waals surface area contributed by atoms with Crippen LogP contribution in [-0.4, -0.2) is 48.1 Å². The molecule has 1 aliphatic rings. The van der Waals surface area contributed by atoms with Crippen LogP contribution >= 0.6 is 0 Å². The Morgan fingerprint density at radius 2 is 1.77 bits per heavy atom. The molecule has 0 aliphatic carbocycles. The molecule has 6 heteroatoms. The van der Waals surface area contributed by atoms with Crippen molar-refractivity contribution in [3.63, 3.8) is 0 Å². The predicted octanol–water partition coefficient (Wildman–Crippen LogP) is 2.41. The molecule has 3 rings (SSSR count). The number of aromatic hydroxyl groups is 1. The average molecular weight is 350 g/mol. The average Bonchev–Trinajstić information content (AvgIpc) is 2.68. The third kappa shape index (κ3) is 3.79. The number of benzene rings is 2. The summed E-state index contributed by atoms with van der Waals surface area (Å²) in [7, 11) is 0. The lowest BCUT2D eigenvalue weighted by Crippen LogP contribution is -2.52. The number of para-hydroxylation sites is 3. The molecule has 1 aliphatic heterocycles. The van der Waals surface area contributed by atoms with Gasteiger partial charge in [-0.3, -0.25) is 9.69 Å². The number of hydrogen-bond acceptors (Lipinski definition) is 5. The number of amides is 1. The van der Waals surface area contributed by atoms with Crippen molar-refractivity contribution < 1.29 is 9.90 Å². The molecular weight excluding hydrogens is 328 g/mol. The Morgan fingerprint density at radius 3 is 2.46 bits per heavy atom. The first-order valence-corrected chi connectivity index (χ1v) is 8.67. The van der Waals surface area contributed by atoms with E-state index in [0.717, 1.165) is 31.9 Å². The smallest absolute Gasteiger partial charge is 0.241 e. The van der Waals surface area contributed by atoms with Gasteiger partial charge in [0.25, 0.3) is 0 Å². The van der Waals surface area contributed by atoms with Crippen LogP contribution in [0, 0.1) is 11.3 Å². The number of phenolic OH excluding ortho intramolecular Hbond substituents is 1. The van der Waals surface area contributed by atoms with Crippen molar-refractivity contribution in [1.82, 2.24) is 4.90 Å². The Hall–Kier alpha value is -3.04. The molecule has 134 valence electrons. The molecule has 0 aromatic heterocycles. The van der Waals surface area contributed by atoms with Gasteiger partial charge < -0.3 is 15.3 Å². The molecule has 2 aromatic rings. The minimum atomic E-state index is -0.298. The molecular formula is C20H22N4O2. The van der Waals surface area contributed by atoms with Gasteiger partial charge in [-0.2, -0.15) is 5.26 Å². The number of nitriles is 1. The summed E-state index contributed by atoms with van der Waals surface area (Å²) in [6, 6.07) is 16.1. The molecule has 0 bridgehead atoms. The first-order chi connectivity index (χ1) is 12.6. The number of phenols is 1. The molecule has 1 saturated heterocycles. The van der Waals surface area contributed by atoms with Gasteiger partial charge in [-0.05, 0) is 31.2 Å². The van der Waals surface area contributed by atoms with E-state index in [1.54, 1.807) is 36.4 Å². The first kappa shape index (κ1) is 17.8. The zero-order valence-corrected chi connectivity index (χ0v) is 14.7. The summed E-state index contributed by atoms with van der Waals surface area (Å²) >= 11 is 0. The van der Waals surface area contributed by atoms with E-state index in [1.807, 2.05) is 19.1 Å². The maximum Gasteiger partial charge on any atom is 0.241 e. The molecule has 0 radical (unpaired) electrons. The van der Waals surface area contributed by atoms with E-state index >= 15 is 0 Å². The quantitative estimate of drug-likeness (QED) is 0.885. The number of carbonyl (C=O) groups is 1. The molecule has 1 amide bonds. The number of anilines is 2. The van der Waals surface area contributed by atoms with Crippen LogP contribution < -0.4 is 10.2 Å². The standard InChI is InChI=1S/C20H22N4O2/c1-15(20(26)22-17-7-3-2-6-16(17)14-21)23-10-12-24(13-11-23)18-8-4-5-9-19(18)25/h2-9,15,25H,10-13H2,1H3,(H,22,26)/t15-/m0/s1. The lowest BCUT2D eigenvalue weighted by Gasteiger charge is -2.38. The van der Waals surface area contributed by atoms with Gasteiger partial charge in [-0.25, -0.2) is 0 Å². The highest BCUT2D eigenvalue weighted by atomic mass is 16.3. The van der Waals surface area contributed by atoms with Crippen molar-refractivity contribution in [3.8, 4) is 11.8 Å². The van der Waals surface area contributed by atoms with Gasteiger partial charge in [0, 0.05) is 26.2 Å². The number of carbonyl (C=O) groups excluding carboxylic acids is 1. The number of hydrogen-bond donors (Lipinski definition) is 2. The van der Waals surface area contributed by atoms with Crippen LogP contribution in [0.1, 0.15) is 12.5 Å². The second kappa shape index (κ2) is 7.89. The summed E-state index contributed by atoms with van der Waals surface area (Å²) in [4.78, 5) is 16.8. The predicted molar refractivity (Wildman–Crippen MR) is 101 cm³/mol. The monoisotopic (exact) mass is 350 g/mol. The largest absolute Gasteiger partial charge is 0.506 e. The van der Waals surface area contributed by atoms with E-state index in [2.05, 4.69) is 21.2 Å². The van der Waals surface area contributed by atoms with Crippen LogP contribution in [-0.2, 0) is 4.79 Å². The van der Waals surface area contributed by atoms with Gasteiger partial charge in [0.05, 0.1) is 23.0 Å². The lowest BCUT2D eigenvalue weighted by molar-refractivity contribution is -0.120. The molecule has 0 saturated carbocycles. The number of nitrogens with one attached hydrogen (secondary N) is 1. The zero-order valence-electron chi connectivity index (χ0n) is 14.7. The molecule has 1 heterocycles. The van der Waals surface area contributed by atoms with E-state index in [4.69, 9.17) is 5.26 Å². The van der Waals surface area contributed by atoms with Crippen molar-refractivity contribution in [2.45, 2.75) is 13.0 Å². The van der Waals surface area contributed by atoms with E-state index in [0.29, 0.717) is 11.3 Å². The fourth-order valence-corrected chi connectivity index (χ4v) is 3.17. The van der Waals surface area contributed by atoms with Gasteiger partial charge in [0.2, 0.25) is 5.91 Å². The van der Waals surface area contributed by atoms with E-state index in [1.165, 1.54) is 0 Å². The van der Waals surface area contributed by atoms with Crippen molar-refractivity contribution >= 4 is 17.3 Å². The first-order valence-electron chi connectivity index (χ1n) is 8.67. The van der Waals surface area contributed by atoms with Crippen molar-refractivity contribution in [2.75, 3.05) is 36.4 Å². The molecule has 1 atom stereocenters. The van der Waals surface area contributed by atoms with Crippen LogP contribution in [0.25, 0.3) is 0 Å². The van der Waals surface area contributed by atoms with Crippen molar-refractivity contribution in [2.24, 2.45) is 0 Å². The highest BCUT2D eigenvalue weighted by Gasteiger charge is 2.26. The molecule has 0 spiro atoms. The molecule has 6 nitrogen and oxygen atoms in total. The summed E-state index contributed by atoms with van der Waals surface area (Å²) < 4.78 is 0. The molecule has 2 N–H and O–H groups in total. The normalized spacial score (nSPS) is 15.9. The third-order valence-electron chi connectivity index (χ3n) is 4.77. The van der Waals surface area contributed by atoms with E-state index in [9.17, 15) is 9.90 Å². The number of rotatable bonds is 4. The highest BCUT2D eigenvalue weighted by molar-refractivity contribution is 5.95. The summed E-state index contributed by atoms with van der Waals surface area (Å²) in [5.41, 5.74) is 1.82. The van der Waals surface area contributed by atoms with Crippen LogP contribution in [0.4, 0.5) is 11.4 Å². The van der Waals surface area contributed by atoms with Crippen LogP contribution in [0.2, 0.25) is 0 Å². The highest BCUT2D eigenvalue weighted by Crippen LogP contribution is 2.27. The second-order valence-electron chi connectivity index (χ2n) is 6.33. The van der Waals surface area contributed by atoms with Gasteiger partial charge in [-0.15, -0.1) is 0 Å². The summed E-state index contributed by atoms with van der Waals surface area (Å²) in [5, 5.41) is 22.0. The Balaban J connectivity index is 1.60. The van der Waals surface area contributed by atoms with Gasteiger partial charge >= 0.3 is 0 Å². The lowest BCUT2D eigenvalue weighted by atomic mass is 10.1. The summed E-state index contributed by atoms with van der Waals surface area (Å²) in [6.45, 7) is 4.81. The van der Waals surface area contributed by atoms with Crippen molar-refractivity contribution in [3.05, 3.63) is 54.1 Å².